The molecule has 6 rings (SSSR count). The van der Waals surface area contributed by atoms with E-state index in [2.05, 4.69) is 75.9 Å². The number of rotatable bonds is 9. The zero-order chi connectivity index (χ0) is 27.5. The van der Waals surface area contributed by atoms with Gasteiger partial charge in [0.05, 0.1) is 11.0 Å². The van der Waals surface area contributed by atoms with Crippen molar-refractivity contribution in [3.05, 3.63) is 66.0 Å². The van der Waals surface area contributed by atoms with Gasteiger partial charge in [0, 0.05) is 51.1 Å². The number of hydrogen-bond acceptors (Lipinski definition) is 4. The third-order valence-electron chi connectivity index (χ3n) is 10.00. The molecule has 214 valence electrons. The first-order valence-electron chi connectivity index (χ1n) is 15.8. The molecular weight excluding hydrogens is 496 g/mol. The van der Waals surface area contributed by atoms with Crippen LogP contribution >= 0.6 is 0 Å². The molecule has 0 bridgehead atoms. The van der Waals surface area contributed by atoms with Crippen molar-refractivity contribution in [3.8, 4) is 0 Å². The molecule has 2 saturated heterocycles. The predicted octanol–water partition coefficient (Wildman–Crippen LogP) is 6.37. The molecule has 0 spiro atoms. The molecule has 1 aliphatic carbocycles. The summed E-state index contributed by atoms with van der Waals surface area (Å²) >= 11 is 0. The molecule has 3 heterocycles. The normalized spacial score (nSPS) is 24.5. The van der Waals surface area contributed by atoms with Crippen LogP contribution in [0.25, 0.3) is 11.0 Å². The van der Waals surface area contributed by atoms with Crippen molar-refractivity contribution in [1.29, 1.82) is 0 Å². The van der Waals surface area contributed by atoms with Gasteiger partial charge in [0.2, 0.25) is 0 Å². The highest BCUT2D eigenvalue weighted by atomic mass is 16.4. The fourth-order valence-corrected chi connectivity index (χ4v) is 8.09. The van der Waals surface area contributed by atoms with Crippen molar-refractivity contribution in [3.63, 3.8) is 0 Å². The maximum absolute atomic E-state index is 12.6. The van der Waals surface area contributed by atoms with Crippen molar-refractivity contribution in [1.82, 2.24) is 19.4 Å². The molecule has 2 aromatic carbocycles. The number of imidazole rings is 1. The minimum absolute atomic E-state index is 0.291. The monoisotopic (exact) mass is 542 g/mol. The number of para-hydroxylation sites is 2. The van der Waals surface area contributed by atoms with Crippen molar-refractivity contribution in [2.75, 3.05) is 32.7 Å². The Labute approximate surface area is 239 Å². The Morgan fingerprint density at radius 3 is 2.40 bits per heavy atom. The lowest BCUT2D eigenvalue weighted by Crippen LogP contribution is -2.46. The number of carboxylic acid groups (broad SMARTS) is 1. The summed E-state index contributed by atoms with van der Waals surface area (Å²) in [5.41, 5.74) is 3.77. The van der Waals surface area contributed by atoms with Crippen LogP contribution < -0.4 is 0 Å². The van der Waals surface area contributed by atoms with Crippen LogP contribution in [0, 0.1) is 11.8 Å². The second-order valence-electron chi connectivity index (χ2n) is 12.6. The third kappa shape index (κ3) is 5.71. The van der Waals surface area contributed by atoms with Gasteiger partial charge in [-0.2, -0.15) is 0 Å². The Kier molecular flexibility index (Phi) is 8.54. The van der Waals surface area contributed by atoms with E-state index in [4.69, 9.17) is 4.98 Å². The number of carbonyl (C=O) groups is 1. The highest BCUT2D eigenvalue weighted by Crippen LogP contribution is 2.39. The lowest BCUT2D eigenvalue weighted by molar-refractivity contribution is -0.145. The molecule has 3 unspecified atom stereocenters. The lowest BCUT2D eigenvalue weighted by Gasteiger charge is -2.36. The number of fused-ring (bicyclic) bond motifs is 1. The topological polar surface area (TPSA) is 61.6 Å². The van der Waals surface area contributed by atoms with Gasteiger partial charge in [0.25, 0.3) is 0 Å². The smallest absolute Gasteiger partial charge is 0.321 e. The van der Waals surface area contributed by atoms with Crippen LogP contribution in [0.4, 0.5) is 0 Å². The van der Waals surface area contributed by atoms with Gasteiger partial charge in [-0.25, -0.2) is 4.98 Å². The first kappa shape index (κ1) is 27.5. The van der Waals surface area contributed by atoms with E-state index in [1.54, 1.807) is 0 Å². The van der Waals surface area contributed by atoms with E-state index in [0.29, 0.717) is 23.8 Å². The average Bonchev–Trinajstić information content (AvgIpc) is 3.56. The van der Waals surface area contributed by atoms with Crippen LogP contribution in [0.2, 0.25) is 0 Å². The van der Waals surface area contributed by atoms with E-state index in [1.165, 1.54) is 36.2 Å². The molecular formula is C34H46N4O2. The van der Waals surface area contributed by atoms with Crippen LogP contribution in [0.3, 0.4) is 0 Å². The van der Waals surface area contributed by atoms with Crippen LogP contribution in [0.15, 0.2) is 54.6 Å². The Morgan fingerprint density at radius 2 is 1.68 bits per heavy atom. The van der Waals surface area contributed by atoms with Crippen molar-refractivity contribution >= 4 is 17.0 Å². The van der Waals surface area contributed by atoms with E-state index < -0.39 is 5.97 Å². The van der Waals surface area contributed by atoms with Crippen LogP contribution in [-0.2, 0) is 11.2 Å². The molecule has 3 fully saturated rings. The summed E-state index contributed by atoms with van der Waals surface area (Å²) in [5.74, 6) is 1.75. The second kappa shape index (κ2) is 12.4. The third-order valence-corrected chi connectivity index (χ3v) is 10.00. The Morgan fingerprint density at radius 1 is 0.950 bits per heavy atom. The zero-order valence-corrected chi connectivity index (χ0v) is 24.1. The summed E-state index contributed by atoms with van der Waals surface area (Å²) in [7, 11) is 0. The summed E-state index contributed by atoms with van der Waals surface area (Å²) < 4.78 is 2.54. The maximum atomic E-state index is 12.6. The summed E-state index contributed by atoms with van der Waals surface area (Å²) in [4.78, 5) is 22.6. The fraction of sp³-hybridized carbons (Fsp3) is 0.588. The largest absolute Gasteiger partial charge is 0.480 e. The number of likely N-dealkylation sites (tertiary alicyclic amines) is 2. The molecule has 40 heavy (non-hydrogen) atoms. The van der Waals surface area contributed by atoms with Gasteiger partial charge in [-0.1, -0.05) is 68.7 Å². The number of aryl methyl sites for hydroxylation is 1. The highest BCUT2D eigenvalue weighted by Gasteiger charge is 2.43. The zero-order valence-electron chi connectivity index (χ0n) is 24.1. The molecule has 6 heteroatoms. The van der Waals surface area contributed by atoms with E-state index in [0.717, 1.165) is 76.8 Å². The van der Waals surface area contributed by atoms with Crippen LogP contribution in [-0.4, -0.2) is 69.2 Å². The maximum Gasteiger partial charge on any atom is 0.321 e. The van der Waals surface area contributed by atoms with E-state index in [1.807, 2.05) is 0 Å². The molecule has 1 saturated carbocycles. The molecule has 1 N–H and O–H groups in total. The first-order chi connectivity index (χ1) is 19.6. The predicted molar refractivity (Wildman–Crippen MR) is 161 cm³/mol. The van der Waals surface area contributed by atoms with Crippen molar-refractivity contribution < 1.29 is 9.90 Å². The number of benzene rings is 2. The second-order valence-corrected chi connectivity index (χ2v) is 12.6. The number of piperidine rings is 1. The summed E-state index contributed by atoms with van der Waals surface area (Å²) in [6, 6.07) is 19.6. The van der Waals surface area contributed by atoms with Crippen molar-refractivity contribution in [2.24, 2.45) is 11.8 Å². The Balaban J connectivity index is 1.17. The molecule has 3 atom stereocenters. The minimum atomic E-state index is -0.615. The van der Waals surface area contributed by atoms with Crippen molar-refractivity contribution in [2.45, 2.75) is 82.7 Å². The molecule has 0 radical (unpaired) electrons. The van der Waals surface area contributed by atoms with Crippen LogP contribution in [0.5, 0.6) is 0 Å². The summed E-state index contributed by atoms with van der Waals surface area (Å²) in [5, 5.41) is 10.3. The first-order valence-corrected chi connectivity index (χ1v) is 15.8. The quantitative estimate of drug-likeness (QED) is 0.340. The number of aliphatic carboxylic acids is 1. The molecule has 3 aromatic rings. The Hall–Kier alpha value is -2.70. The number of carboxylic acids is 1. The van der Waals surface area contributed by atoms with Gasteiger partial charge >= 0.3 is 5.97 Å². The standard InChI is InChI=1S/C34H46N4O2/c1-2-11-32-35-30-16-9-10-17-31(30)38(32)28-18-20-36(21-19-28)22-27-23-37(24-29(27)25-12-5-3-6-13-25)33(34(39)40)26-14-7-4-8-15-26/h3,5-6,9-10,12-13,16-17,26-29,33H,2,4,7-8,11,14-15,18-24H2,1H3,(H,39,40). The van der Waals surface area contributed by atoms with Gasteiger partial charge in [-0.05, 0) is 61.6 Å². The number of hydrogen-bond donors (Lipinski definition) is 1. The highest BCUT2D eigenvalue weighted by molar-refractivity contribution is 5.76. The molecule has 2 aliphatic heterocycles. The van der Waals surface area contributed by atoms with E-state index in [-0.39, 0.29) is 6.04 Å². The summed E-state index contributed by atoms with van der Waals surface area (Å²) in [6.07, 6.45) is 10.1. The SMILES string of the molecule is CCCc1nc2ccccc2n1C1CCN(CC2CN(C(C(=O)O)C3CCCCC3)CC2c2ccccc2)CC1. The van der Waals surface area contributed by atoms with Crippen LogP contribution in [0.1, 0.15) is 81.6 Å². The van der Waals surface area contributed by atoms with E-state index >= 15 is 0 Å². The molecule has 3 aliphatic rings. The molecule has 6 nitrogen and oxygen atoms in total. The average molecular weight is 543 g/mol. The van der Waals surface area contributed by atoms with E-state index in [9.17, 15) is 9.90 Å². The summed E-state index contributed by atoms with van der Waals surface area (Å²) in [6.45, 7) is 7.22. The van der Waals surface area contributed by atoms with Gasteiger partial charge in [0.1, 0.15) is 11.9 Å². The molecule has 1 aromatic heterocycles. The number of aromatic nitrogens is 2. The number of nitrogens with zero attached hydrogens (tertiary/aromatic N) is 4. The molecule has 0 amide bonds. The van der Waals surface area contributed by atoms with Gasteiger partial charge in [-0.15, -0.1) is 0 Å². The Bertz CT molecular complexity index is 1260. The van der Waals surface area contributed by atoms with Gasteiger partial charge in [-0.3, -0.25) is 9.69 Å². The lowest BCUT2D eigenvalue weighted by atomic mass is 9.83. The van der Waals surface area contributed by atoms with Gasteiger partial charge in [0.15, 0.2) is 0 Å². The minimum Gasteiger partial charge on any atom is -0.480 e. The van der Waals surface area contributed by atoms with Gasteiger partial charge < -0.3 is 14.6 Å². The fourth-order valence-electron chi connectivity index (χ4n) is 8.09.